The third-order valence-electron chi connectivity index (χ3n) is 8.17. The SMILES string of the molecule is CCOC(=O)C1=C(CN2CC(F)C3(F)C(=O)N(CC(C)(C)C(=O)O)CC23)NC(c2nccs2)=N[C@H]1c1cccc(F)c1C. The number of carbonyl (C=O) groups excluding carboxylic acids is 2. The number of carboxylic acid groups (broad SMARTS) is 1. The molecule has 0 bridgehead atoms. The number of alkyl halides is 2. The van der Waals surface area contributed by atoms with Gasteiger partial charge in [0.1, 0.15) is 11.9 Å². The Morgan fingerprint density at radius 3 is 2.70 bits per heavy atom. The first-order valence-electron chi connectivity index (χ1n) is 13.8. The predicted octanol–water partition coefficient (Wildman–Crippen LogP) is 3.18. The van der Waals surface area contributed by atoms with Crippen molar-refractivity contribution in [2.75, 3.05) is 32.8 Å². The molecular weight excluding hydrogens is 587 g/mol. The Morgan fingerprint density at radius 1 is 1.30 bits per heavy atom. The molecule has 4 heterocycles. The summed E-state index contributed by atoms with van der Waals surface area (Å²) in [6.45, 7) is 4.84. The van der Waals surface area contributed by atoms with Gasteiger partial charge in [0.25, 0.3) is 5.91 Å². The molecule has 2 saturated heterocycles. The minimum absolute atomic E-state index is 0.0306. The number of hydrogen-bond acceptors (Lipinski definition) is 9. The lowest BCUT2D eigenvalue weighted by atomic mass is 9.92. The number of amidine groups is 1. The van der Waals surface area contributed by atoms with Crippen molar-refractivity contribution < 1.29 is 37.4 Å². The van der Waals surface area contributed by atoms with E-state index in [1.54, 1.807) is 31.5 Å². The quantitative estimate of drug-likeness (QED) is 0.411. The van der Waals surface area contributed by atoms with E-state index in [-0.39, 0.29) is 48.9 Å². The fourth-order valence-electron chi connectivity index (χ4n) is 5.82. The van der Waals surface area contributed by atoms with E-state index < -0.39 is 59.5 Å². The van der Waals surface area contributed by atoms with E-state index in [9.17, 15) is 23.9 Å². The Kier molecular flexibility index (Phi) is 8.11. The lowest BCUT2D eigenvalue weighted by molar-refractivity contribution is -0.150. The first-order valence-corrected chi connectivity index (χ1v) is 14.7. The minimum Gasteiger partial charge on any atom is -0.481 e. The van der Waals surface area contributed by atoms with Gasteiger partial charge in [-0.05, 0) is 44.9 Å². The zero-order valence-corrected chi connectivity index (χ0v) is 24.9. The third kappa shape index (κ3) is 5.30. The number of nitrogens with zero attached hydrogens (tertiary/aromatic N) is 4. The summed E-state index contributed by atoms with van der Waals surface area (Å²) in [5, 5.41) is 14.9. The summed E-state index contributed by atoms with van der Waals surface area (Å²) >= 11 is 1.27. The van der Waals surface area contributed by atoms with Crippen LogP contribution in [0, 0.1) is 18.2 Å². The standard InChI is InChI=1S/C29H32F3N5O5S/c1-5-42-25(38)21-18(34-23(24-33-9-10-43-24)35-22(21)16-7-6-8-17(30)15(16)2)11-36-12-19(31)29(32)20(36)13-37(26(29)39)14-28(3,4)27(40)41/h6-10,19-20,22H,5,11-14H2,1-4H3,(H,34,35)(H,40,41)/t19?,20?,22-,29?/m0/s1. The molecule has 1 amide bonds. The topological polar surface area (TPSA) is 124 Å². The largest absolute Gasteiger partial charge is 0.481 e. The van der Waals surface area contributed by atoms with E-state index in [1.807, 2.05) is 0 Å². The van der Waals surface area contributed by atoms with Crippen LogP contribution in [0.4, 0.5) is 13.2 Å². The molecule has 14 heteroatoms. The molecule has 0 radical (unpaired) electrons. The summed E-state index contributed by atoms with van der Waals surface area (Å²) in [6.07, 6.45) is -0.619. The molecule has 3 aliphatic heterocycles. The molecule has 1 aromatic heterocycles. The van der Waals surface area contributed by atoms with Gasteiger partial charge in [0, 0.05) is 43.5 Å². The number of carboxylic acids is 1. The van der Waals surface area contributed by atoms with Gasteiger partial charge in [-0.3, -0.25) is 19.5 Å². The average Bonchev–Trinajstić information content (AvgIpc) is 3.63. The van der Waals surface area contributed by atoms with Gasteiger partial charge >= 0.3 is 11.9 Å². The summed E-state index contributed by atoms with van der Waals surface area (Å²) in [6, 6.07) is 2.16. The lowest BCUT2D eigenvalue weighted by Gasteiger charge is -2.32. The number of thiazole rings is 1. The van der Waals surface area contributed by atoms with E-state index in [2.05, 4.69) is 10.3 Å². The molecule has 10 nitrogen and oxygen atoms in total. The van der Waals surface area contributed by atoms with Gasteiger partial charge in [0.15, 0.2) is 17.0 Å². The zero-order valence-electron chi connectivity index (χ0n) is 24.1. The average molecular weight is 620 g/mol. The number of ether oxygens (including phenoxy) is 1. The number of likely N-dealkylation sites (tertiary alicyclic amines) is 2. The first-order chi connectivity index (χ1) is 20.3. The van der Waals surface area contributed by atoms with Crippen LogP contribution in [0.25, 0.3) is 0 Å². The van der Waals surface area contributed by atoms with Crippen molar-refractivity contribution in [2.45, 2.75) is 51.6 Å². The van der Waals surface area contributed by atoms with Crippen molar-refractivity contribution in [3.8, 4) is 0 Å². The Hall–Kier alpha value is -3.78. The molecule has 43 heavy (non-hydrogen) atoms. The number of amides is 1. The summed E-state index contributed by atoms with van der Waals surface area (Å²) in [4.78, 5) is 49.8. The predicted molar refractivity (Wildman–Crippen MR) is 151 cm³/mol. The van der Waals surface area contributed by atoms with Crippen LogP contribution >= 0.6 is 11.3 Å². The molecular formula is C29H32F3N5O5S. The molecule has 0 saturated carbocycles. The van der Waals surface area contributed by atoms with Crippen molar-refractivity contribution in [3.63, 3.8) is 0 Å². The Morgan fingerprint density at radius 2 is 2.05 bits per heavy atom. The molecule has 3 unspecified atom stereocenters. The number of esters is 1. The highest BCUT2D eigenvalue weighted by Crippen LogP contribution is 2.44. The second-order valence-electron chi connectivity index (χ2n) is 11.5. The smallest absolute Gasteiger partial charge is 0.338 e. The normalized spacial score (nSPS) is 25.9. The number of halogens is 3. The van der Waals surface area contributed by atoms with E-state index in [1.165, 1.54) is 42.2 Å². The van der Waals surface area contributed by atoms with Crippen LogP contribution in [0.3, 0.4) is 0 Å². The fraction of sp³-hybridized carbons (Fsp3) is 0.483. The number of carbonyl (C=O) groups is 3. The molecule has 230 valence electrons. The number of aliphatic imine (C=N–C) groups is 1. The molecule has 0 aliphatic carbocycles. The monoisotopic (exact) mass is 619 g/mol. The van der Waals surface area contributed by atoms with Crippen molar-refractivity contribution >= 4 is 35.0 Å². The summed E-state index contributed by atoms with van der Waals surface area (Å²) in [5.41, 5.74) is -3.35. The second-order valence-corrected chi connectivity index (χ2v) is 12.4. The van der Waals surface area contributed by atoms with Crippen LogP contribution < -0.4 is 5.32 Å². The maximum absolute atomic E-state index is 16.3. The van der Waals surface area contributed by atoms with E-state index >= 15 is 8.78 Å². The van der Waals surface area contributed by atoms with Gasteiger partial charge in [-0.15, -0.1) is 11.3 Å². The maximum Gasteiger partial charge on any atom is 0.338 e. The second kappa shape index (κ2) is 11.4. The number of aromatic nitrogens is 1. The minimum atomic E-state index is -2.89. The highest BCUT2D eigenvalue weighted by atomic mass is 32.1. The van der Waals surface area contributed by atoms with Crippen LogP contribution in [0.1, 0.15) is 42.9 Å². The van der Waals surface area contributed by atoms with Crippen molar-refractivity contribution in [3.05, 3.63) is 63.0 Å². The number of hydrogen-bond donors (Lipinski definition) is 2. The number of benzene rings is 1. The summed E-state index contributed by atoms with van der Waals surface area (Å²) < 4.78 is 51.8. The van der Waals surface area contributed by atoms with Gasteiger partial charge in [0.05, 0.1) is 23.6 Å². The first kappa shape index (κ1) is 30.7. The number of fused-ring (bicyclic) bond motifs is 1. The Labute approximate surface area is 250 Å². The van der Waals surface area contributed by atoms with Crippen molar-refractivity contribution in [2.24, 2.45) is 10.4 Å². The summed E-state index contributed by atoms with van der Waals surface area (Å²) in [5.74, 6) is -3.24. The number of aliphatic carboxylic acids is 1. The zero-order chi connectivity index (χ0) is 31.3. The van der Waals surface area contributed by atoms with Gasteiger partial charge in [-0.2, -0.15) is 0 Å². The van der Waals surface area contributed by atoms with E-state index in [0.29, 0.717) is 10.6 Å². The van der Waals surface area contributed by atoms with Gasteiger partial charge < -0.3 is 20.1 Å². The van der Waals surface area contributed by atoms with Crippen LogP contribution in [0.15, 0.2) is 46.0 Å². The Bertz CT molecular complexity index is 1510. The fourth-order valence-corrected chi connectivity index (χ4v) is 6.41. The van der Waals surface area contributed by atoms with Gasteiger partial charge in [-0.25, -0.2) is 22.9 Å². The Balaban J connectivity index is 1.56. The maximum atomic E-state index is 16.3. The molecule has 3 aliphatic rings. The van der Waals surface area contributed by atoms with Crippen LogP contribution in [-0.4, -0.2) is 94.2 Å². The molecule has 2 N–H and O–H groups in total. The van der Waals surface area contributed by atoms with E-state index in [4.69, 9.17) is 9.73 Å². The van der Waals surface area contributed by atoms with Crippen LogP contribution in [0.2, 0.25) is 0 Å². The molecule has 0 spiro atoms. The molecule has 2 fully saturated rings. The number of nitrogens with one attached hydrogen (secondary N) is 1. The molecule has 2 aromatic rings. The van der Waals surface area contributed by atoms with Gasteiger partial charge in [-0.1, -0.05) is 12.1 Å². The van der Waals surface area contributed by atoms with E-state index in [0.717, 1.165) is 4.90 Å². The third-order valence-corrected chi connectivity index (χ3v) is 8.95. The molecule has 5 rings (SSSR count). The molecule has 4 atom stereocenters. The van der Waals surface area contributed by atoms with Crippen molar-refractivity contribution in [1.29, 1.82) is 0 Å². The lowest BCUT2D eigenvalue weighted by Crippen LogP contribution is -2.48. The van der Waals surface area contributed by atoms with Crippen LogP contribution in [-0.2, 0) is 19.1 Å². The molecule has 1 aromatic carbocycles. The van der Waals surface area contributed by atoms with Gasteiger partial charge in [0.2, 0.25) is 5.67 Å². The van der Waals surface area contributed by atoms with Crippen LogP contribution in [0.5, 0.6) is 0 Å². The number of rotatable bonds is 9. The highest BCUT2D eigenvalue weighted by Gasteiger charge is 2.67. The highest BCUT2D eigenvalue weighted by molar-refractivity contribution is 7.11. The van der Waals surface area contributed by atoms with Crippen molar-refractivity contribution in [1.82, 2.24) is 20.1 Å². The summed E-state index contributed by atoms with van der Waals surface area (Å²) in [7, 11) is 0.